The number of carbonyl (C=O) groups excluding carboxylic acids is 1. The third-order valence-electron chi connectivity index (χ3n) is 5.02. The van der Waals surface area contributed by atoms with Crippen molar-refractivity contribution in [3.05, 3.63) is 71.1 Å². The summed E-state index contributed by atoms with van der Waals surface area (Å²) in [7, 11) is -3.56. The lowest BCUT2D eigenvalue weighted by molar-refractivity contribution is -0.116. The molecule has 1 saturated heterocycles. The zero-order valence-electron chi connectivity index (χ0n) is 15.7. The van der Waals surface area contributed by atoms with Gasteiger partial charge in [-0.15, -0.1) is 0 Å². The second-order valence-electron chi connectivity index (χ2n) is 7.02. The zero-order chi connectivity index (χ0) is 20.4. The molecule has 1 aromatic heterocycles. The first kappa shape index (κ1) is 19.4. The van der Waals surface area contributed by atoms with Gasteiger partial charge in [-0.2, -0.15) is 4.31 Å². The molecule has 4 rings (SSSR count). The van der Waals surface area contributed by atoms with Gasteiger partial charge in [0.1, 0.15) is 6.54 Å². The van der Waals surface area contributed by atoms with E-state index in [2.05, 4.69) is 5.32 Å². The third-order valence-corrected chi connectivity index (χ3v) is 6.92. The molecule has 2 heterocycles. The normalized spacial score (nSPS) is 14.9. The number of amides is 1. The molecule has 3 aromatic rings. The topological polar surface area (TPSA) is 88.5 Å². The smallest absolute Gasteiger partial charge is 0.258 e. The SMILES string of the molecule is O=C(Cn1ccc2ccccc2c1=O)Nc1cccc(S(=O)(=O)N2CCCC2)c1. The summed E-state index contributed by atoms with van der Waals surface area (Å²) in [6.07, 6.45) is 3.30. The van der Waals surface area contributed by atoms with E-state index in [1.165, 1.54) is 21.0 Å². The highest BCUT2D eigenvalue weighted by Crippen LogP contribution is 2.23. The van der Waals surface area contributed by atoms with Crippen LogP contribution in [0.4, 0.5) is 5.69 Å². The Labute approximate surface area is 168 Å². The lowest BCUT2D eigenvalue weighted by atomic mass is 10.2. The van der Waals surface area contributed by atoms with Gasteiger partial charge in [0.2, 0.25) is 15.9 Å². The molecular formula is C21H21N3O4S. The molecule has 1 N–H and O–H groups in total. The standard InChI is InChI=1S/C21H21N3O4S/c25-20(15-23-13-10-16-6-1-2-9-19(16)21(23)26)22-17-7-5-8-18(14-17)29(27,28)24-11-3-4-12-24/h1-2,5-10,13-14H,3-4,11-12,15H2,(H,22,25). The van der Waals surface area contributed by atoms with Crippen LogP contribution in [0.1, 0.15) is 12.8 Å². The van der Waals surface area contributed by atoms with E-state index in [1.807, 2.05) is 12.1 Å². The van der Waals surface area contributed by atoms with Crippen molar-refractivity contribution < 1.29 is 13.2 Å². The van der Waals surface area contributed by atoms with Crippen LogP contribution < -0.4 is 10.9 Å². The first-order valence-electron chi connectivity index (χ1n) is 9.43. The van der Waals surface area contributed by atoms with Crippen molar-refractivity contribution in [2.45, 2.75) is 24.3 Å². The average Bonchev–Trinajstić information content (AvgIpc) is 3.26. The number of aromatic nitrogens is 1. The van der Waals surface area contributed by atoms with Crippen LogP contribution >= 0.6 is 0 Å². The van der Waals surface area contributed by atoms with E-state index < -0.39 is 15.9 Å². The molecule has 1 fully saturated rings. The fraction of sp³-hybridized carbons (Fsp3) is 0.238. The van der Waals surface area contributed by atoms with E-state index in [0.717, 1.165) is 18.2 Å². The molecule has 0 aliphatic carbocycles. The number of nitrogens with one attached hydrogen (secondary N) is 1. The molecule has 1 amide bonds. The number of benzene rings is 2. The van der Waals surface area contributed by atoms with Crippen molar-refractivity contribution >= 4 is 32.4 Å². The Kier molecular flexibility index (Phi) is 5.21. The number of sulfonamides is 1. The Hall–Kier alpha value is -2.97. The van der Waals surface area contributed by atoms with Crippen molar-refractivity contribution in [1.82, 2.24) is 8.87 Å². The third kappa shape index (κ3) is 3.94. The maximum atomic E-state index is 12.7. The Morgan fingerprint density at radius 2 is 1.76 bits per heavy atom. The van der Waals surface area contributed by atoms with E-state index >= 15 is 0 Å². The van der Waals surface area contributed by atoms with Gasteiger partial charge in [0.25, 0.3) is 5.56 Å². The summed E-state index contributed by atoms with van der Waals surface area (Å²) in [6, 6.07) is 15.2. The van der Waals surface area contributed by atoms with Crippen molar-refractivity contribution in [2.24, 2.45) is 0 Å². The summed E-state index contributed by atoms with van der Waals surface area (Å²) in [6.45, 7) is 0.875. The number of hydrogen-bond acceptors (Lipinski definition) is 4. The second kappa shape index (κ2) is 7.81. The van der Waals surface area contributed by atoms with Gasteiger partial charge in [0.15, 0.2) is 0 Å². The maximum absolute atomic E-state index is 12.7. The van der Waals surface area contributed by atoms with Crippen LogP contribution in [-0.2, 0) is 21.4 Å². The molecule has 29 heavy (non-hydrogen) atoms. The van der Waals surface area contributed by atoms with Gasteiger partial charge >= 0.3 is 0 Å². The second-order valence-corrected chi connectivity index (χ2v) is 8.96. The highest BCUT2D eigenvalue weighted by Gasteiger charge is 2.27. The molecular weight excluding hydrogens is 390 g/mol. The van der Waals surface area contributed by atoms with Crippen LogP contribution in [0.3, 0.4) is 0 Å². The molecule has 1 aliphatic rings. The van der Waals surface area contributed by atoms with Crippen molar-refractivity contribution in [3.8, 4) is 0 Å². The van der Waals surface area contributed by atoms with Gasteiger partial charge in [0.05, 0.1) is 4.90 Å². The molecule has 0 spiro atoms. The van der Waals surface area contributed by atoms with Gasteiger partial charge in [-0.3, -0.25) is 9.59 Å². The fourth-order valence-corrected chi connectivity index (χ4v) is 5.08. The molecule has 2 aromatic carbocycles. The molecule has 8 heteroatoms. The van der Waals surface area contributed by atoms with E-state index in [0.29, 0.717) is 24.2 Å². The number of anilines is 1. The van der Waals surface area contributed by atoms with Crippen molar-refractivity contribution in [3.63, 3.8) is 0 Å². The summed E-state index contributed by atoms with van der Waals surface area (Å²) in [4.78, 5) is 25.2. The quantitative estimate of drug-likeness (QED) is 0.698. The predicted molar refractivity (Wildman–Crippen MR) is 111 cm³/mol. The number of hydrogen-bond donors (Lipinski definition) is 1. The number of pyridine rings is 1. The van der Waals surface area contributed by atoms with E-state index in [-0.39, 0.29) is 17.0 Å². The molecule has 0 radical (unpaired) electrons. The van der Waals surface area contributed by atoms with Gasteiger partial charge in [-0.1, -0.05) is 24.3 Å². The molecule has 0 atom stereocenters. The summed E-state index contributed by atoms with van der Waals surface area (Å²) in [5.74, 6) is -0.405. The molecule has 150 valence electrons. The minimum atomic E-state index is -3.56. The van der Waals surface area contributed by atoms with Crippen LogP contribution in [0.5, 0.6) is 0 Å². The molecule has 7 nitrogen and oxygen atoms in total. The van der Waals surface area contributed by atoms with Crippen LogP contribution in [-0.4, -0.2) is 36.3 Å². The number of rotatable bonds is 5. The number of nitrogens with zero attached hydrogens (tertiary/aromatic N) is 2. The Morgan fingerprint density at radius 3 is 2.55 bits per heavy atom. The fourth-order valence-electron chi connectivity index (χ4n) is 3.52. The number of fused-ring (bicyclic) bond motifs is 1. The van der Waals surface area contributed by atoms with Crippen molar-refractivity contribution in [1.29, 1.82) is 0 Å². The molecule has 0 saturated carbocycles. The summed E-state index contributed by atoms with van der Waals surface area (Å²) in [5.41, 5.74) is 0.132. The minimum Gasteiger partial charge on any atom is -0.324 e. The highest BCUT2D eigenvalue weighted by atomic mass is 32.2. The van der Waals surface area contributed by atoms with Gasteiger partial charge < -0.3 is 9.88 Å². The first-order chi connectivity index (χ1) is 13.9. The van der Waals surface area contributed by atoms with Crippen LogP contribution in [0, 0.1) is 0 Å². The summed E-state index contributed by atoms with van der Waals surface area (Å²) < 4.78 is 28.2. The molecule has 0 bridgehead atoms. The lowest BCUT2D eigenvalue weighted by Crippen LogP contribution is -2.28. The molecule has 1 aliphatic heterocycles. The Morgan fingerprint density at radius 1 is 1.00 bits per heavy atom. The Balaban J connectivity index is 1.52. The highest BCUT2D eigenvalue weighted by molar-refractivity contribution is 7.89. The lowest BCUT2D eigenvalue weighted by Gasteiger charge is -2.16. The number of carbonyl (C=O) groups is 1. The van der Waals surface area contributed by atoms with Gasteiger partial charge in [-0.05, 0) is 48.6 Å². The van der Waals surface area contributed by atoms with Gasteiger partial charge in [0, 0.05) is 30.4 Å². The average molecular weight is 411 g/mol. The molecule has 0 unspecified atom stereocenters. The predicted octanol–water partition coefficient (Wildman–Crippen LogP) is 2.42. The van der Waals surface area contributed by atoms with Gasteiger partial charge in [-0.25, -0.2) is 8.42 Å². The van der Waals surface area contributed by atoms with E-state index in [4.69, 9.17) is 0 Å². The maximum Gasteiger partial charge on any atom is 0.258 e. The summed E-state index contributed by atoms with van der Waals surface area (Å²) in [5, 5.41) is 4.04. The van der Waals surface area contributed by atoms with Crippen LogP contribution in [0.2, 0.25) is 0 Å². The van der Waals surface area contributed by atoms with Crippen LogP contribution in [0.25, 0.3) is 10.8 Å². The Bertz CT molecular complexity index is 1230. The summed E-state index contributed by atoms with van der Waals surface area (Å²) >= 11 is 0. The van der Waals surface area contributed by atoms with E-state index in [1.54, 1.807) is 36.5 Å². The minimum absolute atomic E-state index is 0.153. The zero-order valence-corrected chi connectivity index (χ0v) is 16.6. The van der Waals surface area contributed by atoms with Crippen molar-refractivity contribution in [2.75, 3.05) is 18.4 Å². The monoisotopic (exact) mass is 411 g/mol. The largest absolute Gasteiger partial charge is 0.324 e. The first-order valence-corrected chi connectivity index (χ1v) is 10.9. The van der Waals surface area contributed by atoms with E-state index in [9.17, 15) is 18.0 Å². The van der Waals surface area contributed by atoms with Crippen LogP contribution in [0.15, 0.2) is 70.5 Å².